The van der Waals surface area contributed by atoms with Gasteiger partial charge in [-0.2, -0.15) is 5.10 Å². The Balaban J connectivity index is 1.92. The summed E-state index contributed by atoms with van der Waals surface area (Å²) in [7, 11) is -1.91. The highest BCUT2D eigenvalue weighted by atomic mass is 32.2. The molecule has 9 nitrogen and oxygen atoms in total. The maximum atomic E-state index is 13.2. The van der Waals surface area contributed by atoms with Crippen LogP contribution in [0.5, 0.6) is 0 Å². The molecule has 0 aliphatic carbocycles. The Hall–Kier alpha value is -2.79. The highest BCUT2D eigenvalue weighted by Crippen LogP contribution is 2.32. The molecule has 0 saturated heterocycles. The molecule has 0 unspecified atom stereocenters. The first kappa shape index (κ1) is 19.0. The zero-order valence-electron chi connectivity index (χ0n) is 14.4. The van der Waals surface area contributed by atoms with Crippen molar-refractivity contribution >= 4 is 27.5 Å². The third kappa shape index (κ3) is 4.14. The van der Waals surface area contributed by atoms with Crippen LogP contribution in [0, 0.1) is 5.82 Å². The molecule has 144 valence electrons. The van der Waals surface area contributed by atoms with E-state index in [0.717, 1.165) is 0 Å². The van der Waals surface area contributed by atoms with Crippen LogP contribution >= 0.6 is 0 Å². The molecule has 2 N–H and O–H groups in total. The van der Waals surface area contributed by atoms with Gasteiger partial charge in [0.05, 0.1) is 29.5 Å². The summed E-state index contributed by atoms with van der Waals surface area (Å²) in [6.07, 6.45) is 0. The van der Waals surface area contributed by atoms with Crippen molar-refractivity contribution in [2.24, 2.45) is 0 Å². The van der Waals surface area contributed by atoms with Crippen molar-refractivity contribution in [1.29, 1.82) is 0 Å². The second-order valence-corrected chi connectivity index (χ2v) is 7.96. The van der Waals surface area contributed by atoms with E-state index in [4.69, 9.17) is 4.74 Å². The fourth-order valence-corrected chi connectivity index (χ4v) is 4.14. The Morgan fingerprint density at radius 3 is 2.59 bits per heavy atom. The zero-order valence-corrected chi connectivity index (χ0v) is 15.2. The van der Waals surface area contributed by atoms with Crippen LogP contribution in [0.2, 0.25) is 0 Å². The number of nitrogens with one attached hydrogen (secondary N) is 2. The van der Waals surface area contributed by atoms with Crippen LogP contribution in [-0.2, 0) is 35.7 Å². The third-order valence-corrected chi connectivity index (χ3v) is 5.33. The van der Waals surface area contributed by atoms with E-state index in [9.17, 15) is 22.4 Å². The summed E-state index contributed by atoms with van der Waals surface area (Å²) in [5.74, 6) is -2.81. The summed E-state index contributed by atoms with van der Waals surface area (Å²) in [6, 6.07) is 5.28. The molecule has 0 radical (unpaired) electrons. The van der Waals surface area contributed by atoms with Gasteiger partial charge in [-0.25, -0.2) is 17.5 Å². The van der Waals surface area contributed by atoms with Gasteiger partial charge in [0, 0.05) is 19.2 Å². The fourth-order valence-electron chi connectivity index (χ4n) is 2.65. The average Bonchev–Trinajstić information content (AvgIpc) is 3.08. The monoisotopic (exact) mass is 396 g/mol. The molecular formula is C16H17FN4O5S. The number of fused-ring (bicyclic) bond motifs is 1. The van der Waals surface area contributed by atoms with E-state index in [1.165, 1.54) is 36.1 Å². The first-order valence-electron chi connectivity index (χ1n) is 7.96. The number of benzene rings is 1. The Labute approximate surface area is 154 Å². The van der Waals surface area contributed by atoms with Gasteiger partial charge in [-0.05, 0) is 24.3 Å². The minimum atomic E-state index is -3.37. The number of halogens is 1. The summed E-state index contributed by atoms with van der Waals surface area (Å²) in [4.78, 5) is 24.1. The Morgan fingerprint density at radius 2 is 1.93 bits per heavy atom. The molecule has 2 heterocycles. The molecule has 2 amide bonds. The van der Waals surface area contributed by atoms with Crippen molar-refractivity contribution in [3.8, 4) is 5.69 Å². The summed E-state index contributed by atoms with van der Waals surface area (Å²) >= 11 is 0. The Bertz CT molecular complexity index is 985. The number of rotatable bonds is 5. The minimum Gasteiger partial charge on any atom is -0.383 e. The predicted molar refractivity (Wildman–Crippen MR) is 93.4 cm³/mol. The first-order valence-corrected chi connectivity index (χ1v) is 9.78. The van der Waals surface area contributed by atoms with Gasteiger partial charge in [0.25, 0.3) is 0 Å². The van der Waals surface area contributed by atoms with E-state index in [2.05, 4.69) is 15.7 Å². The second-order valence-electron chi connectivity index (χ2n) is 5.90. The van der Waals surface area contributed by atoms with Crippen LogP contribution in [-0.4, -0.2) is 50.3 Å². The molecule has 1 aromatic heterocycles. The number of aromatic nitrogens is 2. The number of hydrogen-bond acceptors (Lipinski definition) is 6. The molecule has 1 aliphatic rings. The molecule has 1 aliphatic heterocycles. The lowest BCUT2D eigenvalue weighted by atomic mass is 10.2. The molecule has 0 bridgehead atoms. The number of sulfone groups is 1. The first-order chi connectivity index (χ1) is 12.8. The normalized spacial score (nSPS) is 14.6. The number of amides is 2. The third-order valence-electron chi connectivity index (χ3n) is 3.89. The largest absolute Gasteiger partial charge is 0.383 e. The Morgan fingerprint density at radius 1 is 1.22 bits per heavy atom. The quantitative estimate of drug-likeness (QED) is 0.548. The van der Waals surface area contributed by atoms with Gasteiger partial charge in [0.15, 0.2) is 9.84 Å². The number of carbonyl (C=O) groups is 2. The number of hydrogen-bond donors (Lipinski definition) is 2. The lowest BCUT2D eigenvalue weighted by Gasteiger charge is -2.11. The van der Waals surface area contributed by atoms with Crippen LogP contribution in [0.3, 0.4) is 0 Å². The molecule has 2 aromatic rings. The van der Waals surface area contributed by atoms with Crippen molar-refractivity contribution < 1.29 is 27.1 Å². The van der Waals surface area contributed by atoms with Crippen LogP contribution in [0.1, 0.15) is 11.3 Å². The summed E-state index contributed by atoms with van der Waals surface area (Å²) in [5.41, 5.74) is 1.02. The van der Waals surface area contributed by atoms with Gasteiger partial charge in [-0.1, -0.05) is 0 Å². The summed E-state index contributed by atoms with van der Waals surface area (Å²) in [5, 5.41) is 9.01. The second kappa shape index (κ2) is 7.45. The van der Waals surface area contributed by atoms with E-state index in [1.54, 1.807) is 0 Å². The van der Waals surface area contributed by atoms with Gasteiger partial charge in [-0.15, -0.1) is 0 Å². The molecule has 11 heteroatoms. The molecule has 0 saturated carbocycles. The standard InChI is InChI=1S/C16H17FN4O5S/c1-26-7-6-18-15(22)16(23)19-14-12-8-27(24,25)9-13(12)20-21(14)11-4-2-10(17)3-5-11/h2-5H,6-9H2,1H3,(H,18,22)(H,19,23). The van der Waals surface area contributed by atoms with Crippen molar-refractivity contribution in [3.63, 3.8) is 0 Å². The fraction of sp³-hybridized carbons (Fsp3) is 0.312. The lowest BCUT2D eigenvalue weighted by molar-refractivity contribution is -0.136. The van der Waals surface area contributed by atoms with Gasteiger partial charge in [0.2, 0.25) is 0 Å². The maximum absolute atomic E-state index is 13.2. The van der Waals surface area contributed by atoms with Crippen LogP contribution in [0.15, 0.2) is 24.3 Å². The number of methoxy groups -OCH3 is 1. The molecule has 0 spiro atoms. The number of carbonyl (C=O) groups excluding carboxylic acids is 2. The zero-order chi connectivity index (χ0) is 19.6. The topological polar surface area (TPSA) is 119 Å². The average molecular weight is 396 g/mol. The molecule has 0 atom stereocenters. The van der Waals surface area contributed by atoms with Crippen LogP contribution in [0.25, 0.3) is 5.69 Å². The van der Waals surface area contributed by atoms with E-state index >= 15 is 0 Å². The minimum absolute atomic E-state index is 0.0737. The van der Waals surface area contributed by atoms with Crippen molar-refractivity contribution in [3.05, 3.63) is 41.3 Å². The Kier molecular flexibility index (Phi) is 5.24. The maximum Gasteiger partial charge on any atom is 0.314 e. The predicted octanol–water partition coefficient (Wildman–Crippen LogP) is 0.141. The smallest absolute Gasteiger partial charge is 0.314 e. The number of nitrogens with zero attached hydrogens (tertiary/aromatic N) is 2. The molecular weight excluding hydrogens is 379 g/mol. The molecule has 0 fully saturated rings. The SMILES string of the molecule is COCCNC(=O)C(=O)Nc1c2c(nn1-c1ccc(F)cc1)CS(=O)(=O)C2. The molecule has 3 rings (SSSR count). The van der Waals surface area contributed by atoms with Crippen molar-refractivity contribution in [1.82, 2.24) is 15.1 Å². The number of anilines is 1. The highest BCUT2D eigenvalue weighted by molar-refractivity contribution is 7.90. The van der Waals surface area contributed by atoms with Crippen LogP contribution < -0.4 is 10.6 Å². The van der Waals surface area contributed by atoms with Crippen LogP contribution in [0.4, 0.5) is 10.2 Å². The van der Waals surface area contributed by atoms with Crippen molar-refractivity contribution in [2.75, 3.05) is 25.6 Å². The molecule has 1 aromatic carbocycles. The molecule has 27 heavy (non-hydrogen) atoms. The van der Waals surface area contributed by atoms with Gasteiger partial charge in [-0.3, -0.25) is 9.59 Å². The summed E-state index contributed by atoms with van der Waals surface area (Å²) in [6.45, 7) is 0.382. The number of ether oxygens (including phenoxy) is 1. The van der Waals surface area contributed by atoms with E-state index in [-0.39, 0.29) is 36.2 Å². The van der Waals surface area contributed by atoms with Gasteiger partial charge in [0.1, 0.15) is 11.6 Å². The highest BCUT2D eigenvalue weighted by Gasteiger charge is 2.33. The van der Waals surface area contributed by atoms with Gasteiger partial charge < -0.3 is 15.4 Å². The lowest BCUT2D eigenvalue weighted by Crippen LogP contribution is -2.37. The van der Waals surface area contributed by atoms with E-state index in [0.29, 0.717) is 11.3 Å². The summed E-state index contributed by atoms with van der Waals surface area (Å²) < 4.78 is 43.0. The van der Waals surface area contributed by atoms with Gasteiger partial charge >= 0.3 is 11.8 Å². The van der Waals surface area contributed by atoms with E-state index in [1.807, 2.05) is 0 Å². The van der Waals surface area contributed by atoms with Crippen molar-refractivity contribution in [2.45, 2.75) is 11.5 Å². The van der Waals surface area contributed by atoms with E-state index < -0.39 is 27.5 Å².